The Morgan fingerprint density at radius 3 is 2.59 bits per heavy atom. The number of amides is 2. The fourth-order valence-corrected chi connectivity index (χ4v) is 2.63. The molecule has 27 heavy (non-hydrogen) atoms. The minimum Gasteiger partial charge on any atom is -0.463 e. The Hall–Kier alpha value is -3.74. The summed E-state index contributed by atoms with van der Waals surface area (Å²) in [5.41, 5.74) is 7.23. The summed E-state index contributed by atoms with van der Waals surface area (Å²) < 4.78 is 5.54. The number of hydrogen-bond acceptors (Lipinski definition) is 5. The van der Waals surface area contributed by atoms with Gasteiger partial charge in [-0.15, -0.1) is 0 Å². The van der Waals surface area contributed by atoms with Crippen LogP contribution in [0.5, 0.6) is 0 Å². The molecule has 0 spiro atoms. The van der Waals surface area contributed by atoms with E-state index in [-0.39, 0.29) is 11.0 Å². The van der Waals surface area contributed by atoms with Crippen molar-refractivity contribution >= 4 is 28.9 Å². The number of hydrogen-bond donors (Lipinski definition) is 2. The van der Waals surface area contributed by atoms with Crippen LogP contribution >= 0.6 is 0 Å². The molecule has 0 aliphatic heterocycles. The third-order valence-electron chi connectivity index (χ3n) is 3.89. The van der Waals surface area contributed by atoms with Gasteiger partial charge < -0.3 is 4.42 Å². The SMILES string of the molecule is Cc1cc(C)c2occ(/C=C/C(=O)NNC(=O)c3ccncc3)c(=O)c2c1. The van der Waals surface area contributed by atoms with E-state index in [1.165, 1.54) is 36.9 Å². The van der Waals surface area contributed by atoms with Crippen molar-refractivity contribution in [1.29, 1.82) is 0 Å². The van der Waals surface area contributed by atoms with Crippen molar-refractivity contribution < 1.29 is 14.0 Å². The fourth-order valence-electron chi connectivity index (χ4n) is 2.63. The second-order valence-corrected chi connectivity index (χ2v) is 5.99. The van der Waals surface area contributed by atoms with E-state index >= 15 is 0 Å². The Balaban J connectivity index is 1.72. The molecule has 0 atom stereocenters. The Labute approximate surface area is 154 Å². The fraction of sp³-hybridized carbons (Fsp3) is 0.100. The number of carbonyl (C=O) groups is 2. The van der Waals surface area contributed by atoms with Gasteiger partial charge in [0.05, 0.1) is 10.9 Å². The van der Waals surface area contributed by atoms with Gasteiger partial charge >= 0.3 is 0 Å². The highest BCUT2D eigenvalue weighted by Gasteiger charge is 2.09. The van der Waals surface area contributed by atoms with E-state index in [0.717, 1.165) is 17.2 Å². The van der Waals surface area contributed by atoms with Crippen molar-refractivity contribution in [1.82, 2.24) is 15.8 Å². The van der Waals surface area contributed by atoms with Crippen molar-refractivity contribution in [3.63, 3.8) is 0 Å². The van der Waals surface area contributed by atoms with Gasteiger partial charge in [-0.3, -0.25) is 30.2 Å². The van der Waals surface area contributed by atoms with Crippen LogP contribution in [0.15, 0.2) is 58.2 Å². The highest BCUT2D eigenvalue weighted by Crippen LogP contribution is 2.18. The lowest BCUT2D eigenvalue weighted by atomic mass is 10.1. The first-order valence-electron chi connectivity index (χ1n) is 8.17. The topological polar surface area (TPSA) is 101 Å². The number of nitrogens with zero attached hydrogens (tertiary/aromatic N) is 1. The lowest BCUT2D eigenvalue weighted by molar-refractivity contribution is -0.117. The van der Waals surface area contributed by atoms with Crippen molar-refractivity contribution in [3.05, 3.63) is 81.5 Å². The first kappa shape index (κ1) is 18.1. The van der Waals surface area contributed by atoms with E-state index < -0.39 is 11.8 Å². The van der Waals surface area contributed by atoms with Crippen LogP contribution in [0.2, 0.25) is 0 Å². The minimum absolute atomic E-state index is 0.229. The molecule has 0 saturated heterocycles. The number of rotatable bonds is 3. The molecule has 0 aliphatic carbocycles. The van der Waals surface area contributed by atoms with Crippen molar-refractivity contribution in [2.24, 2.45) is 0 Å². The van der Waals surface area contributed by atoms with Gasteiger partial charge in [0, 0.05) is 24.0 Å². The van der Waals surface area contributed by atoms with E-state index in [9.17, 15) is 14.4 Å². The van der Waals surface area contributed by atoms with Gasteiger partial charge in [-0.25, -0.2) is 0 Å². The number of aryl methyl sites for hydroxylation is 2. The molecule has 0 fully saturated rings. The van der Waals surface area contributed by atoms with Crippen LogP contribution in [0.4, 0.5) is 0 Å². The summed E-state index contributed by atoms with van der Waals surface area (Å²) in [7, 11) is 0. The van der Waals surface area contributed by atoms with E-state index in [1.807, 2.05) is 19.9 Å². The van der Waals surface area contributed by atoms with Crippen molar-refractivity contribution in [3.8, 4) is 0 Å². The van der Waals surface area contributed by atoms with Gasteiger partial charge in [0.2, 0.25) is 0 Å². The molecule has 0 unspecified atom stereocenters. The first-order chi connectivity index (χ1) is 13.0. The summed E-state index contributed by atoms with van der Waals surface area (Å²) in [5, 5.41) is 0.459. The smallest absolute Gasteiger partial charge is 0.269 e. The molecule has 2 aromatic heterocycles. The molecule has 0 aliphatic rings. The summed E-state index contributed by atoms with van der Waals surface area (Å²) in [6.45, 7) is 3.76. The van der Waals surface area contributed by atoms with Crippen LogP contribution < -0.4 is 16.3 Å². The zero-order valence-corrected chi connectivity index (χ0v) is 14.8. The molecule has 2 N–H and O–H groups in total. The molecular formula is C20H17N3O4. The first-order valence-corrected chi connectivity index (χ1v) is 8.17. The highest BCUT2D eigenvalue weighted by molar-refractivity contribution is 5.98. The van der Waals surface area contributed by atoms with Crippen LogP contribution in [-0.4, -0.2) is 16.8 Å². The lowest BCUT2D eigenvalue weighted by Gasteiger charge is -2.05. The van der Waals surface area contributed by atoms with E-state index in [4.69, 9.17) is 4.42 Å². The molecule has 0 radical (unpaired) electrons. The number of aromatic nitrogens is 1. The largest absolute Gasteiger partial charge is 0.463 e. The Kier molecular flexibility index (Phi) is 5.12. The van der Waals surface area contributed by atoms with Gasteiger partial charge in [0.25, 0.3) is 11.8 Å². The Morgan fingerprint density at radius 1 is 1.11 bits per heavy atom. The Morgan fingerprint density at radius 2 is 1.85 bits per heavy atom. The maximum absolute atomic E-state index is 12.6. The molecule has 2 amide bonds. The Bertz CT molecular complexity index is 1100. The van der Waals surface area contributed by atoms with Gasteiger partial charge in [-0.1, -0.05) is 6.07 Å². The molecule has 3 aromatic rings. The van der Waals surface area contributed by atoms with E-state index in [2.05, 4.69) is 15.8 Å². The minimum atomic E-state index is -0.586. The average molecular weight is 363 g/mol. The third kappa shape index (κ3) is 4.09. The zero-order valence-electron chi connectivity index (χ0n) is 14.8. The van der Waals surface area contributed by atoms with Crippen LogP contribution in [0.25, 0.3) is 17.0 Å². The quantitative estimate of drug-likeness (QED) is 0.549. The monoisotopic (exact) mass is 363 g/mol. The van der Waals surface area contributed by atoms with Crippen LogP contribution in [0, 0.1) is 13.8 Å². The summed E-state index contributed by atoms with van der Waals surface area (Å²) in [6, 6.07) is 6.71. The molecule has 2 heterocycles. The van der Waals surface area contributed by atoms with Gasteiger partial charge in [0.1, 0.15) is 11.8 Å². The second kappa shape index (κ2) is 7.65. The standard InChI is InChI=1S/C20H17N3O4/c1-12-9-13(2)19-16(10-12)18(25)15(11-27-19)3-4-17(24)22-23-20(26)14-5-7-21-8-6-14/h3-11H,1-2H3,(H,22,24)(H,23,26)/b4-3+. The molecule has 3 rings (SSSR count). The predicted molar refractivity (Wildman–Crippen MR) is 101 cm³/mol. The van der Waals surface area contributed by atoms with E-state index in [0.29, 0.717) is 16.5 Å². The number of hydrazine groups is 1. The number of fused-ring (bicyclic) bond motifs is 1. The summed E-state index contributed by atoms with van der Waals surface area (Å²) in [4.78, 5) is 40.1. The van der Waals surface area contributed by atoms with E-state index in [1.54, 1.807) is 6.07 Å². The molecule has 0 saturated carbocycles. The number of carbonyl (C=O) groups excluding carboxylic acids is 2. The molecule has 1 aromatic carbocycles. The van der Waals surface area contributed by atoms with Gasteiger partial charge in [-0.2, -0.15) is 0 Å². The number of benzene rings is 1. The zero-order chi connectivity index (χ0) is 19.4. The normalized spacial score (nSPS) is 10.9. The predicted octanol–water partition coefficient (Wildman–Crippen LogP) is 2.28. The molecular weight excluding hydrogens is 346 g/mol. The molecule has 0 bridgehead atoms. The molecule has 7 heteroatoms. The summed E-state index contributed by atoms with van der Waals surface area (Å²) in [6.07, 6.45) is 6.74. The van der Waals surface area contributed by atoms with Crippen molar-refractivity contribution in [2.45, 2.75) is 13.8 Å². The lowest BCUT2D eigenvalue weighted by Crippen LogP contribution is -2.40. The molecule has 136 valence electrons. The van der Waals surface area contributed by atoms with Gasteiger partial charge in [-0.05, 0) is 49.2 Å². The van der Waals surface area contributed by atoms with Crippen LogP contribution in [0.1, 0.15) is 27.0 Å². The maximum Gasteiger partial charge on any atom is 0.269 e. The highest BCUT2D eigenvalue weighted by atomic mass is 16.3. The maximum atomic E-state index is 12.6. The summed E-state index contributed by atoms with van der Waals surface area (Å²) in [5.74, 6) is -1.06. The average Bonchev–Trinajstić information content (AvgIpc) is 2.66. The van der Waals surface area contributed by atoms with Crippen molar-refractivity contribution in [2.75, 3.05) is 0 Å². The third-order valence-corrected chi connectivity index (χ3v) is 3.89. The summed E-state index contributed by atoms with van der Waals surface area (Å²) >= 11 is 0. The number of nitrogens with one attached hydrogen (secondary N) is 2. The molecule has 7 nitrogen and oxygen atoms in total. The number of pyridine rings is 1. The van der Waals surface area contributed by atoms with Crippen LogP contribution in [0.3, 0.4) is 0 Å². The second-order valence-electron chi connectivity index (χ2n) is 5.99. The van der Waals surface area contributed by atoms with Gasteiger partial charge in [0.15, 0.2) is 5.43 Å². The van der Waals surface area contributed by atoms with Crippen LogP contribution in [-0.2, 0) is 4.79 Å².